The van der Waals surface area contributed by atoms with Gasteiger partial charge in [0.05, 0.1) is 12.8 Å². The fraction of sp³-hybridized carbons (Fsp3) is 0.217. The number of urea groups is 1. The number of esters is 1. The second-order valence-electron chi connectivity index (χ2n) is 7.42. The summed E-state index contributed by atoms with van der Waals surface area (Å²) in [5, 5.41) is 10.7. The molecule has 0 aliphatic rings. The predicted molar refractivity (Wildman–Crippen MR) is 130 cm³/mol. The van der Waals surface area contributed by atoms with Crippen molar-refractivity contribution in [1.82, 2.24) is 10.3 Å². The third-order valence-corrected chi connectivity index (χ3v) is 5.74. The van der Waals surface area contributed by atoms with E-state index in [0.717, 1.165) is 5.56 Å². The van der Waals surface area contributed by atoms with Gasteiger partial charge in [0.2, 0.25) is 0 Å². The summed E-state index contributed by atoms with van der Waals surface area (Å²) in [5.74, 6) is -1.07. The van der Waals surface area contributed by atoms with Crippen LogP contribution in [0.3, 0.4) is 0 Å². The van der Waals surface area contributed by atoms with Crippen LogP contribution in [0.5, 0.6) is 0 Å². The molecular formula is C23H23ClN4O4S. The Kier molecular flexibility index (Phi) is 8.02. The van der Waals surface area contributed by atoms with Gasteiger partial charge in [-0.2, -0.15) is 0 Å². The molecule has 0 saturated carbocycles. The fourth-order valence-electron chi connectivity index (χ4n) is 2.89. The van der Waals surface area contributed by atoms with Gasteiger partial charge in [0.25, 0.3) is 5.91 Å². The Hall–Kier alpha value is -3.43. The van der Waals surface area contributed by atoms with Crippen LogP contribution in [0.2, 0.25) is 5.02 Å². The highest BCUT2D eigenvalue weighted by molar-refractivity contribution is 7.12. The molecule has 0 radical (unpaired) electrons. The van der Waals surface area contributed by atoms with Gasteiger partial charge >= 0.3 is 12.0 Å². The Bertz CT molecular complexity index is 1130. The van der Waals surface area contributed by atoms with Crippen molar-refractivity contribution >= 4 is 52.2 Å². The zero-order chi connectivity index (χ0) is 24.0. The van der Waals surface area contributed by atoms with E-state index in [9.17, 15) is 14.4 Å². The number of anilines is 2. The predicted octanol–water partition coefficient (Wildman–Crippen LogP) is 5.03. The molecule has 172 valence electrons. The standard InChI is InChI=1S/C23H23ClN4O4S/c1-13(2)19(22(30)32-3)28-20(29)21-27-18(12-33-21)14-4-8-16(9-5-14)25-23(31)26-17-10-6-15(24)7-11-17/h4-13,19H,1-3H3,(H,28,29)(H2,25,26,31)/t19-/m0/s1. The molecular weight excluding hydrogens is 464 g/mol. The first-order valence-electron chi connectivity index (χ1n) is 10.0. The summed E-state index contributed by atoms with van der Waals surface area (Å²) < 4.78 is 4.75. The normalized spacial score (nSPS) is 11.5. The molecule has 0 saturated heterocycles. The van der Waals surface area contributed by atoms with E-state index in [2.05, 4.69) is 20.9 Å². The molecule has 1 heterocycles. The van der Waals surface area contributed by atoms with E-state index < -0.39 is 17.9 Å². The van der Waals surface area contributed by atoms with Crippen molar-refractivity contribution in [1.29, 1.82) is 0 Å². The number of halogens is 1. The summed E-state index contributed by atoms with van der Waals surface area (Å²) in [6, 6.07) is 12.7. The smallest absolute Gasteiger partial charge is 0.328 e. The van der Waals surface area contributed by atoms with Crippen LogP contribution in [0, 0.1) is 5.92 Å². The average molecular weight is 487 g/mol. The van der Waals surface area contributed by atoms with Gasteiger partial charge < -0.3 is 20.7 Å². The number of methoxy groups -OCH3 is 1. The van der Waals surface area contributed by atoms with E-state index in [1.54, 1.807) is 53.9 Å². The molecule has 10 heteroatoms. The fourth-order valence-corrected chi connectivity index (χ4v) is 3.74. The van der Waals surface area contributed by atoms with Crippen molar-refractivity contribution in [3.8, 4) is 11.3 Å². The maximum absolute atomic E-state index is 12.5. The lowest BCUT2D eigenvalue weighted by Gasteiger charge is -2.18. The number of amides is 3. The van der Waals surface area contributed by atoms with Crippen molar-refractivity contribution in [2.75, 3.05) is 17.7 Å². The van der Waals surface area contributed by atoms with Crippen LogP contribution >= 0.6 is 22.9 Å². The van der Waals surface area contributed by atoms with Crippen LogP contribution in [0.4, 0.5) is 16.2 Å². The zero-order valence-corrected chi connectivity index (χ0v) is 19.8. The third kappa shape index (κ3) is 6.53. The quantitative estimate of drug-likeness (QED) is 0.405. The second kappa shape index (κ2) is 10.9. The lowest BCUT2D eigenvalue weighted by Crippen LogP contribution is -2.45. The van der Waals surface area contributed by atoms with Crippen LogP contribution in [0.25, 0.3) is 11.3 Å². The van der Waals surface area contributed by atoms with Crippen molar-refractivity contribution in [3.63, 3.8) is 0 Å². The molecule has 0 spiro atoms. The lowest BCUT2D eigenvalue weighted by atomic mass is 10.0. The van der Waals surface area contributed by atoms with Crippen molar-refractivity contribution in [2.45, 2.75) is 19.9 Å². The number of thiazole rings is 1. The summed E-state index contributed by atoms with van der Waals surface area (Å²) in [4.78, 5) is 41.0. The number of benzene rings is 2. The van der Waals surface area contributed by atoms with Gasteiger partial charge in [-0.3, -0.25) is 4.79 Å². The zero-order valence-electron chi connectivity index (χ0n) is 18.2. The Morgan fingerprint density at radius 2 is 1.55 bits per heavy atom. The number of aromatic nitrogens is 1. The van der Waals surface area contributed by atoms with E-state index in [1.165, 1.54) is 18.4 Å². The van der Waals surface area contributed by atoms with Gasteiger partial charge in [0.1, 0.15) is 6.04 Å². The number of nitrogens with zero attached hydrogens (tertiary/aromatic N) is 1. The topological polar surface area (TPSA) is 109 Å². The largest absolute Gasteiger partial charge is 0.467 e. The molecule has 0 bridgehead atoms. The molecule has 1 aromatic heterocycles. The summed E-state index contributed by atoms with van der Waals surface area (Å²) in [6.07, 6.45) is 0. The molecule has 8 nitrogen and oxygen atoms in total. The summed E-state index contributed by atoms with van der Waals surface area (Å²) in [6.45, 7) is 3.64. The van der Waals surface area contributed by atoms with Crippen LogP contribution < -0.4 is 16.0 Å². The first-order valence-corrected chi connectivity index (χ1v) is 11.3. The minimum atomic E-state index is -0.751. The highest BCUT2D eigenvalue weighted by atomic mass is 35.5. The van der Waals surface area contributed by atoms with Crippen LogP contribution in [0.15, 0.2) is 53.9 Å². The maximum atomic E-state index is 12.5. The SMILES string of the molecule is COC(=O)[C@@H](NC(=O)c1nc(-c2ccc(NC(=O)Nc3ccc(Cl)cc3)cc2)cs1)C(C)C. The molecule has 3 rings (SSSR count). The van der Waals surface area contributed by atoms with Gasteiger partial charge in [-0.1, -0.05) is 37.6 Å². The Balaban J connectivity index is 1.62. The monoisotopic (exact) mass is 486 g/mol. The summed E-state index contributed by atoms with van der Waals surface area (Å²) >= 11 is 7.02. The number of carbonyl (C=O) groups is 3. The number of hydrogen-bond acceptors (Lipinski definition) is 6. The average Bonchev–Trinajstić information content (AvgIpc) is 3.29. The molecule has 1 atom stereocenters. The number of carbonyl (C=O) groups excluding carboxylic acids is 3. The van der Waals surface area contributed by atoms with Crippen molar-refractivity contribution < 1.29 is 19.1 Å². The molecule has 33 heavy (non-hydrogen) atoms. The van der Waals surface area contributed by atoms with Crippen LogP contribution in [-0.4, -0.2) is 36.0 Å². The number of nitrogens with one attached hydrogen (secondary N) is 3. The van der Waals surface area contributed by atoms with Crippen molar-refractivity contribution in [2.24, 2.45) is 5.92 Å². The van der Waals surface area contributed by atoms with Gasteiger partial charge in [0.15, 0.2) is 5.01 Å². The van der Waals surface area contributed by atoms with Gasteiger partial charge in [0, 0.05) is 27.3 Å². The first-order chi connectivity index (χ1) is 15.8. The molecule has 2 aromatic carbocycles. The van der Waals surface area contributed by atoms with E-state index in [0.29, 0.717) is 22.1 Å². The molecule has 3 amide bonds. The highest BCUT2D eigenvalue weighted by Gasteiger charge is 2.26. The second-order valence-corrected chi connectivity index (χ2v) is 8.71. The van der Waals surface area contributed by atoms with E-state index in [-0.39, 0.29) is 17.0 Å². The molecule has 3 N–H and O–H groups in total. The molecule has 0 unspecified atom stereocenters. The van der Waals surface area contributed by atoms with Gasteiger partial charge in [-0.05, 0) is 42.3 Å². The van der Waals surface area contributed by atoms with Crippen LogP contribution in [0.1, 0.15) is 23.6 Å². The Morgan fingerprint density at radius 3 is 2.09 bits per heavy atom. The first kappa shape index (κ1) is 24.2. The summed E-state index contributed by atoms with van der Waals surface area (Å²) in [5.41, 5.74) is 2.61. The number of hydrogen-bond donors (Lipinski definition) is 3. The third-order valence-electron chi connectivity index (χ3n) is 4.65. The minimum absolute atomic E-state index is 0.127. The van der Waals surface area contributed by atoms with Gasteiger partial charge in [-0.25, -0.2) is 14.6 Å². The minimum Gasteiger partial charge on any atom is -0.467 e. The van der Waals surface area contributed by atoms with E-state index in [4.69, 9.17) is 16.3 Å². The lowest BCUT2D eigenvalue weighted by molar-refractivity contribution is -0.144. The molecule has 0 aliphatic carbocycles. The van der Waals surface area contributed by atoms with E-state index in [1.807, 2.05) is 13.8 Å². The highest BCUT2D eigenvalue weighted by Crippen LogP contribution is 2.24. The van der Waals surface area contributed by atoms with Gasteiger partial charge in [-0.15, -0.1) is 11.3 Å². The van der Waals surface area contributed by atoms with E-state index >= 15 is 0 Å². The number of ether oxygens (including phenoxy) is 1. The number of rotatable bonds is 7. The molecule has 0 aliphatic heterocycles. The van der Waals surface area contributed by atoms with Crippen LogP contribution in [-0.2, 0) is 9.53 Å². The molecule has 0 fully saturated rings. The van der Waals surface area contributed by atoms with Crippen molar-refractivity contribution in [3.05, 3.63) is 63.9 Å². The Labute approximate surface area is 200 Å². The molecule has 3 aromatic rings. The Morgan fingerprint density at radius 1 is 0.970 bits per heavy atom. The maximum Gasteiger partial charge on any atom is 0.328 e. The summed E-state index contributed by atoms with van der Waals surface area (Å²) in [7, 11) is 1.28.